The Bertz CT molecular complexity index is 726. The lowest BCUT2D eigenvalue weighted by Gasteiger charge is -2.32. The van der Waals surface area contributed by atoms with E-state index in [2.05, 4.69) is 0 Å². The van der Waals surface area contributed by atoms with Crippen molar-refractivity contribution in [2.75, 3.05) is 6.61 Å². The summed E-state index contributed by atoms with van der Waals surface area (Å²) < 4.78 is 45.6. The second kappa shape index (κ2) is 10.8. The third kappa shape index (κ3) is 6.60. The first-order valence-electron chi connectivity index (χ1n) is 10.9. The highest BCUT2D eigenvalue weighted by atomic mass is 19.2. The fourth-order valence-corrected chi connectivity index (χ4v) is 4.78. The van der Waals surface area contributed by atoms with E-state index in [0.29, 0.717) is 30.3 Å². The summed E-state index contributed by atoms with van der Waals surface area (Å²) in [5.74, 6) is -0.748. The number of halogens is 3. The predicted octanol–water partition coefficient (Wildman–Crippen LogP) is 6.97. The van der Waals surface area contributed by atoms with Crippen molar-refractivity contribution in [3.05, 3.63) is 47.3 Å². The van der Waals surface area contributed by atoms with Crippen LogP contribution in [0.5, 0.6) is 0 Å². The van der Waals surface area contributed by atoms with Crippen molar-refractivity contribution in [2.24, 2.45) is 11.8 Å². The van der Waals surface area contributed by atoms with E-state index in [1.54, 1.807) is 6.07 Å². The highest BCUT2D eigenvalue weighted by molar-refractivity contribution is 5.22. The molecule has 1 aromatic carbocycles. The van der Waals surface area contributed by atoms with Crippen LogP contribution in [0.25, 0.3) is 0 Å². The molecule has 2 saturated carbocycles. The third-order valence-electron chi connectivity index (χ3n) is 6.63. The van der Waals surface area contributed by atoms with Crippen molar-refractivity contribution in [3.63, 3.8) is 0 Å². The van der Waals surface area contributed by atoms with Crippen LogP contribution in [0.1, 0.15) is 75.7 Å². The summed E-state index contributed by atoms with van der Waals surface area (Å²) in [5, 5.41) is 8.43. The van der Waals surface area contributed by atoms with Crippen LogP contribution in [0.4, 0.5) is 13.2 Å². The van der Waals surface area contributed by atoms with Gasteiger partial charge in [-0.15, -0.1) is 0 Å². The zero-order valence-corrected chi connectivity index (χ0v) is 16.9. The van der Waals surface area contributed by atoms with Crippen LogP contribution in [0.15, 0.2) is 30.1 Å². The van der Waals surface area contributed by atoms with Gasteiger partial charge in [0.1, 0.15) is 6.07 Å². The van der Waals surface area contributed by atoms with Gasteiger partial charge in [0.2, 0.25) is 0 Å². The molecule has 0 radical (unpaired) electrons. The minimum atomic E-state index is -0.781. The highest BCUT2D eigenvalue weighted by Crippen LogP contribution is 2.37. The predicted molar refractivity (Wildman–Crippen MR) is 107 cm³/mol. The minimum absolute atomic E-state index is 0.316. The number of ether oxygens (including phenoxy) is 1. The third-order valence-corrected chi connectivity index (χ3v) is 6.63. The number of rotatable bonds is 7. The molecule has 0 N–H and O–H groups in total. The van der Waals surface area contributed by atoms with Gasteiger partial charge in [-0.25, -0.2) is 8.78 Å². The summed E-state index contributed by atoms with van der Waals surface area (Å²) in [6, 6.07) is 5.80. The Labute approximate surface area is 171 Å². The van der Waals surface area contributed by atoms with Crippen molar-refractivity contribution in [1.82, 2.24) is 0 Å². The molecular weight excluding hydrogens is 375 g/mol. The molecule has 2 aliphatic carbocycles. The van der Waals surface area contributed by atoms with Gasteiger partial charge in [0.15, 0.2) is 17.5 Å². The summed E-state index contributed by atoms with van der Waals surface area (Å²) in [7, 11) is 0. The van der Waals surface area contributed by atoms with Crippen LogP contribution >= 0.6 is 0 Å². The summed E-state index contributed by atoms with van der Waals surface area (Å²) in [4.78, 5) is 0. The molecule has 1 aromatic rings. The molecule has 0 heterocycles. The van der Waals surface area contributed by atoms with Gasteiger partial charge in [0.05, 0.1) is 6.10 Å². The molecule has 3 rings (SSSR count). The molecule has 2 aliphatic rings. The molecule has 0 unspecified atom stereocenters. The summed E-state index contributed by atoms with van der Waals surface area (Å²) in [6.07, 6.45) is 11.7. The number of allylic oxidation sites excluding steroid dienone is 2. The lowest BCUT2D eigenvalue weighted by atomic mass is 9.79. The van der Waals surface area contributed by atoms with E-state index in [9.17, 15) is 13.2 Å². The standard InChI is InChI=1S/C24H30F3NO/c25-21(15-28)3-1-2-17-6-11-22(12-7-17)29-16-18-4-8-19(9-5-18)20-10-13-23(26)24(27)14-20/h3,10,13-14,17-19,22H,1-2,4-9,11-12,16H2. The fraction of sp³-hybridized carbons (Fsp3) is 0.625. The lowest BCUT2D eigenvalue weighted by molar-refractivity contribution is -0.00825. The second-order valence-electron chi connectivity index (χ2n) is 8.61. The average Bonchev–Trinajstić information content (AvgIpc) is 2.75. The number of hydrogen-bond acceptors (Lipinski definition) is 2. The van der Waals surface area contributed by atoms with Gasteiger partial charge >= 0.3 is 0 Å². The minimum Gasteiger partial charge on any atom is -0.378 e. The van der Waals surface area contributed by atoms with Gasteiger partial charge < -0.3 is 4.74 Å². The summed E-state index contributed by atoms with van der Waals surface area (Å²) in [5.41, 5.74) is 0.908. The zero-order valence-electron chi connectivity index (χ0n) is 16.9. The molecule has 0 saturated heterocycles. The Morgan fingerprint density at radius 3 is 2.34 bits per heavy atom. The summed E-state index contributed by atoms with van der Waals surface area (Å²) in [6.45, 7) is 0.788. The highest BCUT2D eigenvalue weighted by Gasteiger charge is 2.26. The van der Waals surface area contributed by atoms with Gasteiger partial charge in [-0.2, -0.15) is 9.65 Å². The Hall–Kier alpha value is -1.80. The Kier molecular flexibility index (Phi) is 8.18. The zero-order chi connectivity index (χ0) is 20.6. The second-order valence-corrected chi connectivity index (χ2v) is 8.61. The SMILES string of the molecule is N#CC(F)=CCCC1CCC(OCC2CCC(c3ccc(F)c(F)c3)CC2)CC1. The number of nitrogens with zero attached hydrogens (tertiary/aromatic N) is 1. The maximum Gasteiger partial charge on any atom is 0.196 e. The molecule has 0 aromatic heterocycles. The maximum atomic E-state index is 13.5. The van der Waals surface area contributed by atoms with Crippen LogP contribution in [-0.4, -0.2) is 12.7 Å². The molecular formula is C24H30F3NO. The van der Waals surface area contributed by atoms with Crippen molar-refractivity contribution in [1.29, 1.82) is 5.26 Å². The molecule has 0 bridgehead atoms. The molecule has 158 valence electrons. The van der Waals surface area contributed by atoms with E-state index in [1.807, 2.05) is 0 Å². The Balaban J connectivity index is 1.32. The van der Waals surface area contributed by atoms with E-state index >= 15 is 0 Å². The maximum absolute atomic E-state index is 13.5. The van der Waals surface area contributed by atoms with E-state index < -0.39 is 17.5 Å². The topological polar surface area (TPSA) is 33.0 Å². The molecule has 0 atom stereocenters. The van der Waals surface area contributed by atoms with Crippen molar-refractivity contribution >= 4 is 0 Å². The van der Waals surface area contributed by atoms with Crippen molar-refractivity contribution in [3.8, 4) is 6.07 Å². The number of hydrogen-bond donors (Lipinski definition) is 0. The average molecular weight is 406 g/mol. The normalized spacial score (nSPS) is 28.1. The van der Waals surface area contributed by atoms with Crippen LogP contribution in [0, 0.1) is 34.8 Å². The molecule has 0 aliphatic heterocycles. The lowest BCUT2D eigenvalue weighted by Crippen LogP contribution is -2.25. The van der Waals surface area contributed by atoms with Gasteiger partial charge in [-0.3, -0.25) is 0 Å². The van der Waals surface area contributed by atoms with Gasteiger partial charge in [-0.1, -0.05) is 6.07 Å². The van der Waals surface area contributed by atoms with E-state index in [-0.39, 0.29) is 0 Å². The smallest absolute Gasteiger partial charge is 0.196 e. The first-order valence-corrected chi connectivity index (χ1v) is 10.9. The van der Waals surface area contributed by atoms with Crippen LogP contribution < -0.4 is 0 Å². The van der Waals surface area contributed by atoms with Crippen LogP contribution in [0.3, 0.4) is 0 Å². The van der Waals surface area contributed by atoms with Gasteiger partial charge in [0, 0.05) is 6.61 Å². The van der Waals surface area contributed by atoms with Gasteiger partial charge in [0.25, 0.3) is 0 Å². The largest absolute Gasteiger partial charge is 0.378 e. The molecule has 2 nitrogen and oxygen atoms in total. The van der Waals surface area contributed by atoms with E-state index in [4.69, 9.17) is 10.00 Å². The monoisotopic (exact) mass is 405 g/mol. The first kappa shape index (κ1) is 21.9. The van der Waals surface area contributed by atoms with E-state index in [1.165, 1.54) is 24.3 Å². The van der Waals surface area contributed by atoms with E-state index in [0.717, 1.165) is 70.0 Å². The summed E-state index contributed by atoms with van der Waals surface area (Å²) >= 11 is 0. The van der Waals surface area contributed by atoms with Crippen LogP contribution in [-0.2, 0) is 4.74 Å². The molecule has 0 spiro atoms. The van der Waals surface area contributed by atoms with Gasteiger partial charge in [-0.05, 0) is 106 Å². The molecule has 0 amide bonds. The molecule has 5 heteroatoms. The number of benzene rings is 1. The number of nitriles is 1. The Morgan fingerprint density at radius 2 is 1.69 bits per heavy atom. The molecule has 2 fully saturated rings. The Morgan fingerprint density at radius 1 is 1.00 bits per heavy atom. The van der Waals surface area contributed by atoms with Crippen molar-refractivity contribution < 1.29 is 17.9 Å². The molecule has 29 heavy (non-hydrogen) atoms. The first-order chi connectivity index (χ1) is 14.0. The fourth-order valence-electron chi connectivity index (χ4n) is 4.78. The van der Waals surface area contributed by atoms with Crippen molar-refractivity contribution in [2.45, 2.75) is 76.2 Å². The van der Waals surface area contributed by atoms with Crippen LogP contribution in [0.2, 0.25) is 0 Å². The quantitative estimate of drug-likeness (QED) is 0.459.